The fourth-order valence-corrected chi connectivity index (χ4v) is 3.45. The summed E-state index contributed by atoms with van der Waals surface area (Å²) in [5.74, 6) is 1.77. The standard InChI is InChI=1S/C23H26N4O2S/c1-2-24-23(25-14-16-30-20-7-4-3-5-8-20)26-17-18-10-12-19(13-11-18)27-22(28)21-9-6-15-29-21/h3-13,15H,2,14,16-17H2,1H3,(H,27,28)(H2,24,25,26). The van der Waals surface area contributed by atoms with Gasteiger partial charge < -0.3 is 20.4 Å². The Kier molecular flexibility index (Phi) is 8.41. The Morgan fingerprint density at radius 3 is 2.50 bits per heavy atom. The van der Waals surface area contributed by atoms with E-state index < -0.39 is 0 Å². The number of hydrogen-bond donors (Lipinski definition) is 3. The van der Waals surface area contributed by atoms with Gasteiger partial charge in [0.05, 0.1) is 12.8 Å². The second-order valence-electron chi connectivity index (χ2n) is 6.41. The molecule has 3 N–H and O–H groups in total. The molecule has 0 aliphatic heterocycles. The van der Waals surface area contributed by atoms with Crippen LogP contribution in [0.25, 0.3) is 0 Å². The fraction of sp³-hybridized carbons (Fsp3) is 0.217. The summed E-state index contributed by atoms with van der Waals surface area (Å²) in [5, 5.41) is 9.44. The minimum absolute atomic E-state index is 0.266. The highest BCUT2D eigenvalue weighted by Crippen LogP contribution is 2.16. The third-order valence-electron chi connectivity index (χ3n) is 4.13. The van der Waals surface area contributed by atoms with Crippen LogP contribution in [0.2, 0.25) is 0 Å². The summed E-state index contributed by atoms with van der Waals surface area (Å²) in [7, 11) is 0. The van der Waals surface area contributed by atoms with E-state index >= 15 is 0 Å². The maximum Gasteiger partial charge on any atom is 0.291 e. The molecule has 156 valence electrons. The summed E-state index contributed by atoms with van der Waals surface area (Å²) in [5.41, 5.74) is 1.77. The lowest BCUT2D eigenvalue weighted by atomic mass is 10.2. The monoisotopic (exact) mass is 422 g/mol. The number of benzene rings is 2. The van der Waals surface area contributed by atoms with Crippen LogP contribution in [0.4, 0.5) is 5.69 Å². The van der Waals surface area contributed by atoms with E-state index in [-0.39, 0.29) is 11.7 Å². The number of nitrogens with one attached hydrogen (secondary N) is 3. The molecular formula is C23H26N4O2S. The SMILES string of the molecule is CCNC(=NCc1ccc(NC(=O)c2ccco2)cc1)NCCSc1ccccc1. The highest BCUT2D eigenvalue weighted by molar-refractivity contribution is 7.99. The fourth-order valence-electron chi connectivity index (χ4n) is 2.66. The molecule has 1 heterocycles. The van der Waals surface area contributed by atoms with E-state index in [0.717, 1.165) is 30.4 Å². The average Bonchev–Trinajstić information content (AvgIpc) is 3.32. The average molecular weight is 423 g/mol. The van der Waals surface area contributed by atoms with E-state index in [1.54, 1.807) is 12.1 Å². The molecule has 3 rings (SSSR count). The Morgan fingerprint density at radius 2 is 1.80 bits per heavy atom. The maximum absolute atomic E-state index is 12.0. The molecule has 0 bridgehead atoms. The van der Waals surface area contributed by atoms with Crippen LogP contribution in [0.15, 0.2) is 87.3 Å². The van der Waals surface area contributed by atoms with Crippen LogP contribution in [0, 0.1) is 0 Å². The van der Waals surface area contributed by atoms with E-state index in [4.69, 9.17) is 4.42 Å². The second kappa shape index (κ2) is 11.7. The van der Waals surface area contributed by atoms with Gasteiger partial charge in [0.25, 0.3) is 5.91 Å². The number of rotatable bonds is 9. The van der Waals surface area contributed by atoms with Crippen molar-refractivity contribution in [1.82, 2.24) is 10.6 Å². The summed E-state index contributed by atoms with van der Waals surface area (Å²) < 4.78 is 5.10. The topological polar surface area (TPSA) is 78.7 Å². The zero-order valence-electron chi connectivity index (χ0n) is 16.9. The minimum Gasteiger partial charge on any atom is -0.459 e. The van der Waals surface area contributed by atoms with Crippen LogP contribution >= 0.6 is 11.8 Å². The predicted molar refractivity (Wildman–Crippen MR) is 123 cm³/mol. The summed E-state index contributed by atoms with van der Waals surface area (Å²) in [4.78, 5) is 17.9. The number of hydrogen-bond acceptors (Lipinski definition) is 4. The Morgan fingerprint density at radius 1 is 1.00 bits per heavy atom. The molecule has 6 nitrogen and oxygen atoms in total. The molecule has 0 saturated heterocycles. The zero-order chi connectivity index (χ0) is 21.0. The lowest BCUT2D eigenvalue weighted by molar-refractivity contribution is 0.0996. The first-order chi connectivity index (χ1) is 14.7. The summed E-state index contributed by atoms with van der Waals surface area (Å²) in [6.07, 6.45) is 1.48. The van der Waals surface area contributed by atoms with Crippen molar-refractivity contribution in [2.45, 2.75) is 18.4 Å². The number of amides is 1. The van der Waals surface area contributed by atoms with Crippen molar-refractivity contribution < 1.29 is 9.21 Å². The smallest absolute Gasteiger partial charge is 0.291 e. The van der Waals surface area contributed by atoms with Crippen molar-refractivity contribution >= 4 is 29.3 Å². The number of anilines is 1. The molecule has 30 heavy (non-hydrogen) atoms. The van der Waals surface area contributed by atoms with Crippen LogP contribution < -0.4 is 16.0 Å². The van der Waals surface area contributed by atoms with Crippen molar-refractivity contribution in [3.8, 4) is 0 Å². The van der Waals surface area contributed by atoms with Gasteiger partial charge in [0.1, 0.15) is 0 Å². The van der Waals surface area contributed by atoms with Crippen molar-refractivity contribution in [3.63, 3.8) is 0 Å². The summed E-state index contributed by atoms with van der Waals surface area (Å²) >= 11 is 1.81. The number of thioether (sulfide) groups is 1. The van der Waals surface area contributed by atoms with Crippen LogP contribution in [-0.2, 0) is 6.54 Å². The van der Waals surface area contributed by atoms with Gasteiger partial charge in [-0.15, -0.1) is 11.8 Å². The van der Waals surface area contributed by atoms with E-state index in [9.17, 15) is 4.79 Å². The molecule has 0 atom stereocenters. The Balaban J connectivity index is 1.47. The van der Waals surface area contributed by atoms with Gasteiger partial charge in [-0.25, -0.2) is 4.99 Å². The van der Waals surface area contributed by atoms with E-state index in [1.165, 1.54) is 11.2 Å². The number of aliphatic imine (C=N–C) groups is 1. The van der Waals surface area contributed by atoms with Gasteiger partial charge in [0.2, 0.25) is 0 Å². The molecule has 0 aliphatic carbocycles. The molecule has 3 aromatic rings. The first-order valence-electron chi connectivity index (χ1n) is 9.88. The molecule has 0 unspecified atom stereocenters. The molecule has 1 amide bonds. The van der Waals surface area contributed by atoms with E-state index in [2.05, 4.69) is 45.2 Å². The van der Waals surface area contributed by atoms with Gasteiger partial charge >= 0.3 is 0 Å². The number of carbonyl (C=O) groups is 1. The summed E-state index contributed by atoms with van der Waals surface area (Å²) in [6.45, 7) is 4.22. The number of nitrogens with zero attached hydrogens (tertiary/aromatic N) is 1. The Labute approximate surface area is 181 Å². The number of guanidine groups is 1. The lowest BCUT2D eigenvalue weighted by Crippen LogP contribution is -2.38. The number of carbonyl (C=O) groups excluding carboxylic acids is 1. The molecule has 0 spiro atoms. The van der Waals surface area contributed by atoms with Gasteiger partial charge in [-0.1, -0.05) is 30.3 Å². The first kappa shape index (κ1) is 21.5. The lowest BCUT2D eigenvalue weighted by Gasteiger charge is -2.11. The quantitative estimate of drug-likeness (QED) is 0.206. The van der Waals surface area contributed by atoms with Crippen LogP contribution in [-0.4, -0.2) is 30.7 Å². The van der Waals surface area contributed by atoms with Crippen molar-refractivity contribution in [1.29, 1.82) is 0 Å². The Bertz CT molecular complexity index is 926. The van der Waals surface area contributed by atoms with Gasteiger partial charge in [-0.2, -0.15) is 0 Å². The van der Waals surface area contributed by atoms with Gasteiger partial charge in [-0.3, -0.25) is 4.79 Å². The van der Waals surface area contributed by atoms with Crippen molar-refractivity contribution in [3.05, 3.63) is 84.3 Å². The largest absolute Gasteiger partial charge is 0.459 e. The van der Waals surface area contributed by atoms with Crippen LogP contribution in [0.5, 0.6) is 0 Å². The highest BCUT2D eigenvalue weighted by Gasteiger charge is 2.08. The minimum atomic E-state index is -0.266. The first-order valence-corrected chi connectivity index (χ1v) is 10.9. The zero-order valence-corrected chi connectivity index (χ0v) is 17.7. The van der Waals surface area contributed by atoms with Crippen molar-refractivity contribution in [2.75, 3.05) is 24.2 Å². The highest BCUT2D eigenvalue weighted by atomic mass is 32.2. The molecule has 0 saturated carbocycles. The molecule has 0 fully saturated rings. The molecule has 7 heteroatoms. The second-order valence-corrected chi connectivity index (χ2v) is 7.58. The van der Waals surface area contributed by atoms with Gasteiger partial charge in [-0.05, 0) is 48.9 Å². The molecule has 2 aromatic carbocycles. The maximum atomic E-state index is 12.0. The third-order valence-corrected chi connectivity index (χ3v) is 5.14. The Hall–Kier alpha value is -3.19. The van der Waals surface area contributed by atoms with Crippen LogP contribution in [0.3, 0.4) is 0 Å². The summed E-state index contributed by atoms with van der Waals surface area (Å²) in [6, 6.07) is 21.3. The van der Waals surface area contributed by atoms with Crippen molar-refractivity contribution in [2.24, 2.45) is 4.99 Å². The van der Waals surface area contributed by atoms with E-state index in [0.29, 0.717) is 12.2 Å². The molecule has 0 aliphatic rings. The predicted octanol–water partition coefficient (Wildman–Crippen LogP) is 4.38. The van der Waals surface area contributed by atoms with Gasteiger partial charge in [0, 0.05) is 29.4 Å². The van der Waals surface area contributed by atoms with Gasteiger partial charge in [0.15, 0.2) is 11.7 Å². The molecular weight excluding hydrogens is 396 g/mol. The molecule has 0 radical (unpaired) electrons. The van der Waals surface area contributed by atoms with E-state index in [1.807, 2.05) is 49.0 Å². The number of furan rings is 1. The van der Waals surface area contributed by atoms with Crippen LogP contribution in [0.1, 0.15) is 23.0 Å². The normalized spacial score (nSPS) is 11.2. The third kappa shape index (κ3) is 7.00. The molecule has 1 aromatic heterocycles.